The largest absolute Gasteiger partial charge is 0.359 e. The Morgan fingerprint density at radius 2 is 2.50 bits per heavy atom. The summed E-state index contributed by atoms with van der Waals surface area (Å²) in [5, 5.41) is 11.6. The van der Waals surface area contributed by atoms with Crippen LogP contribution < -0.4 is 10.6 Å². The van der Waals surface area contributed by atoms with Crippen LogP contribution in [-0.2, 0) is 4.79 Å². The lowest BCUT2D eigenvalue weighted by Gasteiger charge is -2.25. The molecule has 0 saturated carbocycles. The Morgan fingerprint density at radius 3 is 3.06 bits per heavy atom. The summed E-state index contributed by atoms with van der Waals surface area (Å²) >= 11 is 0. The summed E-state index contributed by atoms with van der Waals surface area (Å²) in [7, 11) is 3.34. The molecule has 1 aliphatic rings. The predicted octanol–water partition coefficient (Wildman–Crippen LogP) is -0.0969. The van der Waals surface area contributed by atoms with Gasteiger partial charge in [0.05, 0.1) is 6.42 Å². The van der Waals surface area contributed by atoms with Crippen LogP contribution in [0.4, 0.5) is 0 Å². The number of hydrazone groups is 1. The van der Waals surface area contributed by atoms with Crippen LogP contribution in [0, 0.1) is 0 Å². The second-order valence-corrected chi connectivity index (χ2v) is 3.30. The van der Waals surface area contributed by atoms with Crippen molar-refractivity contribution in [1.29, 1.82) is 0 Å². The van der Waals surface area contributed by atoms with Gasteiger partial charge in [-0.2, -0.15) is 5.10 Å². The molecule has 0 bridgehead atoms. The van der Waals surface area contributed by atoms with Gasteiger partial charge in [-0.05, 0) is 6.92 Å². The number of carbonyl (C=O) groups excluding carboxylic acids is 1. The van der Waals surface area contributed by atoms with Gasteiger partial charge in [0.15, 0.2) is 0 Å². The third-order valence-corrected chi connectivity index (χ3v) is 2.18. The summed E-state index contributed by atoms with van der Waals surface area (Å²) in [4.78, 5) is 15.0. The van der Waals surface area contributed by atoms with Gasteiger partial charge < -0.3 is 10.6 Å². The van der Waals surface area contributed by atoms with Crippen molar-refractivity contribution < 1.29 is 4.79 Å². The van der Waals surface area contributed by atoms with Crippen LogP contribution in [0.5, 0.6) is 0 Å². The first-order chi connectivity index (χ1) is 7.67. The van der Waals surface area contributed by atoms with Crippen LogP contribution >= 0.6 is 0 Å². The molecule has 0 fully saturated rings. The summed E-state index contributed by atoms with van der Waals surface area (Å²) in [5.41, 5.74) is 0.993. The molecule has 16 heavy (non-hydrogen) atoms. The molecule has 0 aromatic carbocycles. The topological polar surface area (TPSA) is 69.1 Å². The van der Waals surface area contributed by atoms with E-state index in [-0.39, 0.29) is 12.3 Å². The van der Waals surface area contributed by atoms with E-state index in [2.05, 4.69) is 20.7 Å². The normalized spacial score (nSPS) is 18.6. The van der Waals surface area contributed by atoms with Crippen LogP contribution in [-0.4, -0.2) is 43.7 Å². The maximum Gasteiger partial charge on any atom is 0.225 e. The molecule has 0 unspecified atom stereocenters. The molecule has 0 atom stereocenters. The molecule has 2 N–H and O–H groups in total. The minimum absolute atomic E-state index is 0.0499. The Hall–Kier alpha value is -1.85. The minimum atomic E-state index is -0.0499. The fourth-order valence-corrected chi connectivity index (χ4v) is 1.20. The third kappa shape index (κ3) is 3.38. The molecule has 88 valence electrons. The lowest BCUT2D eigenvalue weighted by molar-refractivity contribution is -0.119. The van der Waals surface area contributed by atoms with Crippen LogP contribution in [0.1, 0.15) is 13.3 Å². The maximum atomic E-state index is 11.0. The van der Waals surface area contributed by atoms with Crippen molar-refractivity contribution in [3.63, 3.8) is 0 Å². The number of nitrogens with zero attached hydrogens (tertiary/aromatic N) is 3. The summed E-state index contributed by atoms with van der Waals surface area (Å²) in [6, 6.07) is 0. The van der Waals surface area contributed by atoms with Gasteiger partial charge in [-0.15, -0.1) is 0 Å². The molecule has 6 nitrogen and oxygen atoms in total. The van der Waals surface area contributed by atoms with Crippen LogP contribution in [0.2, 0.25) is 0 Å². The Labute approximate surface area is 95.1 Å². The summed E-state index contributed by atoms with van der Waals surface area (Å²) in [5.74, 6) is 0.793. The smallest absolute Gasteiger partial charge is 0.225 e. The van der Waals surface area contributed by atoms with Gasteiger partial charge in [-0.3, -0.25) is 14.8 Å². The number of nitrogens with one attached hydrogen (secondary N) is 2. The highest BCUT2D eigenvalue weighted by molar-refractivity contribution is 5.94. The molecule has 0 aromatic rings. The average Bonchev–Trinajstić information content (AvgIpc) is 2.30. The van der Waals surface area contributed by atoms with Crippen LogP contribution in [0.25, 0.3) is 0 Å². The van der Waals surface area contributed by atoms with E-state index in [1.807, 2.05) is 13.0 Å². The molecule has 0 radical (unpaired) electrons. The second-order valence-electron chi connectivity index (χ2n) is 3.30. The zero-order chi connectivity index (χ0) is 12.0. The van der Waals surface area contributed by atoms with Crippen molar-refractivity contribution >= 4 is 18.0 Å². The van der Waals surface area contributed by atoms with Crippen molar-refractivity contribution in [2.24, 2.45) is 10.1 Å². The van der Waals surface area contributed by atoms with Crippen molar-refractivity contribution in [3.8, 4) is 0 Å². The van der Waals surface area contributed by atoms with Gasteiger partial charge in [-0.25, -0.2) is 0 Å². The first kappa shape index (κ1) is 12.2. The van der Waals surface area contributed by atoms with E-state index in [0.717, 1.165) is 11.5 Å². The van der Waals surface area contributed by atoms with Gasteiger partial charge in [0.2, 0.25) is 5.91 Å². The molecule has 0 aliphatic carbocycles. The number of hydrogen-bond donors (Lipinski definition) is 2. The van der Waals surface area contributed by atoms with E-state index in [0.29, 0.717) is 6.67 Å². The van der Waals surface area contributed by atoms with E-state index in [9.17, 15) is 4.79 Å². The number of aliphatic imine (C=N–C) groups is 1. The fourth-order valence-electron chi connectivity index (χ4n) is 1.20. The van der Waals surface area contributed by atoms with Gasteiger partial charge in [0, 0.05) is 32.1 Å². The molecule has 1 aliphatic heterocycles. The van der Waals surface area contributed by atoms with E-state index in [4.69, 9.17) is 0 Å². The van der Waals surface area contributed by atoms with Crippen molar-refractivity contribution in [2.75, 3.05) is 20.8 Å². The highest BCUT2D eigenvalue weighted by Crippen LogP contribution is 2.06. The SMILES string of the molecule is CN=C1C=C(C)N(/N=C\CC(=O)NC)CN1. The molecule has 1 rings (SSSR count). The van der Waals surface area contributed by atoms with Gasteiger partial charge in [0.25, 0.3) is 0 Å². The predicted molar refractivity (Wildman–Crippen MR) is 64.1 cm³/mol. The Kier molecular flexibility index (Phi) is 4.50. The molecule has 1 heterocycles. The van der Waals surface area contributed by atoms with E-state index in [1.54, 1.807) is 25.3 Å². The summed E-state index contributed by atoms with van der Waals surface area (Å²) < 4.78 is 0. The number of hydrogen-bond acceptors (Lipinski definition) is 4. The zero-order valence-electron chi connectivity index (χ0n) is 9.82. The fraction of sp³-hybridized carbons (Fsp3) is 0.500. The molecule has 6 heteroatoms. The molecular formula is C10H17N5O. The number of carbonyl (C=O) groups is 1. The molecule has 0 spiro atoms. The Morgan fingerprint density at radius 1 is 1.75 bits per heavy atom. The molecule has 0 saturated heterocycles. The Bertz CT molecular complexity index is 345. The highest BCUT2D eigenvalue weighted by atomic mass is 16.1. The third-order valence-electron chi connectivity index (χ3n) is 2.18. The Balaban J connectivity index is 2.54. The quantitative estimate of drug-likeness (QED) is 0.657. The van der Waals surface area contributed by atoms with Gasteiger partial charge >= 0.3 is 0 Å². The number of allylic oxidation sites excluding steroid dienone is 1. The maximum absolute atomic E-state index is 11.0. The first-order valence-electron chi connectivity index (χ1n) is 5.07. The lowest BCUT2D eigenvalue weighted by Crippen LogP contribution is -2.38. The first-order valence-corrected chi connectivity index (χ1v) is 5.07. The number of amidine groups is 1. The second kappa shape index (κ2) is 5.89. The standard InChI is InChI=1S/C10H17N5O/c1-8-6-9(11-2)13-7-15(8)14-5-4-10(16)12-3/h5-6H,4,7H2,1-3H3,(H,11,13)(H,12,16)/b14-5-. The highest BCUT2D eigenvalue weighted by Gasteiger charge is 2.10. The van der Waals surface area contributed by atoms with Gasteiger partial charge in [-0.1, -0.05) is 0 Å². The van der Waals surface area contributed by atoms with Crippen LogP contribution in [0.15, 0.2) is 21.9 Å². The van der Waals surface area contributed by atoms with E-state index >= 15 is 0 Å². The zero-order valence-corrected chi connectivity index (χ0v) is 9.82. The summed E-state index contributed by atoms with van der Waals surface area (Å²) in [6.45, 7) is 2.52. The lowest BCUT2D eigenvalue weighted by atomic mass is 10.3. The number of amides is 1. The monoisotopic (exact) mass is 223 g/mol. The van der Waals surface area contributed by atoms with E-state index < -0.39 is 0 Å². The van der Waals surface area contributed by atoms with E-state index in [1.165, 1.54) is 0 Å². The van der Waals surface area contributed by atoms with Crippen molar-refractivity contribution in [2.45, 2.75) is 13.3 Å². The van der Waals surface area contributed by atoms with Crippen molar-refractivity contribution in [3.05, 3.63) is 11.8 Å². The van der Waals surface area contributed by atoms with Gasteiger partial charge in [0.1, 0.15) is 12.5 Å². The van der Waals surface area contributed by atoms with Crippen molar-refractivity contribution in [1.82, 2.24) is 15.6 Å². The molecule has 1 amide bonds. The van der Waals surface area contributed by atoms with Crippen LogP contribution in [0.3, 0.4) is 0 Å². The summed E-state index contributed by atoms with van der Waals surface area (Å²) in [6.07, 6.45) is 3.78. The average molecular weight is 223 g/mol. The minimum Gasteiger partial charge on any atom is -0.359 e. The number of rotatable bonds is 3. The molecular weight excluding hydrogens is 206 g/mol. The molecule has 0 aromatic heterocycles.